The van der Waals surface area contributed by atoms with Crippen LogP contribution in [0.2, 0.25) is 0 Å². The van der Waals surface area contributed by atoms with Gasteiger partial charge in [-0.2, -0.15) is 0 Å². The molecule has 0 N–H and O–H groups in total. The van der Waals surface area contributed by atoms with Crippen molar-refractivity contribution < 1.29 is 4.79 Å². The van der Waals surface area contributed by atoms with Crippen LogP contribution in [0.25, 0.3) is 0 Å². The number of carbonyl (C=O) groups excluding carboxylic acids is 1. The maximum Gasteiger partial charge on any atom is 0.210 e. The summed E-state index contributed by atoms with van der Waals surface area (Å²) in [5, 5.41) is 12.5. The van der Waals surface area contributed by atoms with Crippen LogP contribution in [-0.2, 0) is 0 Å². The zero-order chi connectivity index (χ0) is 15.9. The van der Waals surface area contributed by atoms with E-state index >= 15 is 0 Å². The fourth-order valence-corrected chi connectivity index (χ4v) is 3.37. The minimum absolute atomic E-state index is 0.138. The maximum atomic E-state index is 12.6. The molecule has 0 aliphatic heterocycles. The third kappa shape index (κ3) is 2.79. The monoisotopic (exact) mass is 316 g/mol. The summed E-state index contributed by atoms with van der Waals surface area (Å²) in [5.74, 6) is 0.509. The summed E-state index contributed by atoms with van der Waals surface area (Å²) in [7, 11) is 0. The summed E-state index contributed by atoms with van der Waals surface area (Å²) < 4.78 is 1.84. The van der Waals surface area contributed by atoms with Crippen molar-refractivity contribution in [2.45, 2.75) is 51.7 Å². The van der Waals surface area contributed by atoms with E-state index in [1.54, 1.807) is 0 Å². The normalized spacial score (nSPS) is 14.4. The number of carbonyl (C=O) groups is 1. The second kappa shape index (κ2) is 5.83. The van der Waals surface area contributed by atoms with Crippen LogP contribution in [-0.4, -0.2) is 31.7 Å². The molecule has 22 heavy (non-hydrogen) atoms. The van der Waals surface area contributed by atoms with Gasteiger partial charge in [-0.25, -0.2) is 4.68 Å². The summed E-state index contributed by atoms with van der Waals surface area (Å²) >= 11 is 1.43. The predicted octanol–water partition coefficient (Wildman–Crippen LogP) is 3.22. The smallest absolute Gasteiger partial charge is 0.210 e. The highest BCUT2D eigenvalue weighted by Crippen LogP contribution is 2.36. The van der Waals surface area contributed by atoms with Gasteiger partial charge in [0.2, 0.25) is 5.16 Å². The molecule has 1 fully saturated rings. The van der Waals surface area contributed by atoms with Gasteiger partial charge in [0.05, 0.1) is 11.8 Å². The molecular formula is C16H20N4OS. The fourth-order valence-electron chi connectivity index (χ4n) is 2.54. The molecule has 0 atom stereocenters. The van der Waals surface area contributed by atoms with E-state index in [0.717, 1.165) is 29.1 Å². The molecule has 0 saturated heterocycles. The second-order valence-electron chi connectivity index (χ2n) is 5.97. The largest absolute Gasteiger partial charge is 0.293 e. The fraction of sp³-hybridized carbons (Fsp3) is 0.500. The van der Waals surface area contributed by atoms with Crippen molar-refractivity contribution in [1.29, 1.82) is 0 Å². The second-order valence-corrected chi connectivity index (χ2v) is 6.91. The van der Waals surface area contributed by atoms with Crippen LogP contribution in [0.3, 0.4) is 0 Å². The van der Waals surface area contributed by atoms with Gasteiger partial charge in [-0.1, -0.05) is 11.8 Å². The van der Waals surface area contributed by atoms with Crippen LogP contribution < -0.4 is 0 Å². The lowest BCUT2D eigenvalue weighted by Crippen LogP contribution is -2.09. The van der Waals surface area contributed by atoms with Crippen molar-refractivity contribution in [1.82, 2.24) is 20.2 Å². The average molecular weight is 316 g/mol. The van der Waals surface area contributed by atoms with Crippen molar-refractivity contribution in [3.63, 3.8) is 0 Å². The molecule has 3 rings (SSSR count). The first-order chi connectivity index (χ1) is 10.5. The summed E-state index contributed by atoms with van der Waals surface area (Å²) in [6, 6.07) is 2.43. The van der Waals surface area contributed by atoms with E-state index in [2.05, 4.69) is 36.3 Å². The third-order valence-electron chi connectivity index (χ3n) is 4.47. The molecule has 1 saturated carbocycles. The van der Waals surface area contributed by atoms with Gasteiger partial charge < -0.3 is 0 Å². The van der Waals surface area contributed by atoms with Gasteiger partial charge in [0.25, 0.3) is 0 Å². The van der Waals surface area contributed by atoms with E-state index in [4.69, 9.17) is 0 Å². The Bertz CT molecular complexity index is 734. The van der Waals surface area contributed by atoms with Crippen LogP contribution in [0.4, 0.5) is 0 Å². The standard InChI is InChI=1S/C16H20N4OS/c1-9-7-14(12(4)11(3)10(9)2)15(21)8-22-16-17-18-19-20(16)13-5-6-13/h7,13H,5-6,8H2,1-4H3. The number of benzene rings is 1. The first kappa shape index (κ1) is 15.2. The lowest BCUT2D eigenvalue weighted by atomic mass is 9.93. The molecular weight excluding hydrogens is 296 g/mol. The van der Waals surface area contributed by atoms with Gasteiger partial charge in [0, 0.05) is 5.56 Å². The van der Waals surface area contributed by atoms with Crippen LogP contribution in [0.1, 0.15) is 51.5 Å². The molecule has 0 unspecified atom stereocenters. The molecule has 5 nitrogen and oxygen atoms in total. The van der Waals surface area contributed by atoms with Crippen LogP contribution in [0.15, 0.2) is 11.2 Å². The number of aromatic nitrogens is 4. The minimum Gasteiger partial charge on any atom is -0.293 e. The predicted molar refractivity (Wildman–Crippen MR) is 86.5 cm³/mol. The average Bonchev–Trinajstić information content (AvgIpc) is 3.25. The number of nitrogens with zero attached hydrogens (tertiary/aromatic N) is 4. The van der Waals surface area contributed by atoms with E-state index in [0.29, 0.717) is 11.8 Å². The Morgan fingerprint density at radius 1 is 1.23 bits per heavy atom. The van der Waals surface area contributed by atoms with Crippen LogP contribution in [0, 0.1) is 27.7 Å². The number of Topliss-reactive ketones (excluding diaryl/α,β-unsaturated/α-hetero) is 1. The zero-order valence-electron chi connectivity index (χ0n) is 13.4. The first-order valence-corrected chi connectivity index (χ1v) is 8.49. The van der Waals surface area contributed by atoms with Gasteiger partial charge in [0.15, 0.2) is 5.78 Å². The summed E-state index contributed by atoms with van der Waals surface area (Å²) in [5.41, 5.74) is 5.53. The summed E-state index contributed by atoms with van der Waals surface area (Å²) in [4.78, 5) is 12.6. The van der Waals surface area contributed by atoms with Gasteiger partial charge in [0.1, 0.15) is 0 Å². The van der Waals surface area contributed by atoms with Crippen molar-refractivity contribution in [3.8, 4) is 0 Å². The highest BCUT2D eigenvalue weighted by Gasteiger charge is 2.28. The lowest BCUT2D eigenvalue weighted by molar-refractivity contribution is 0.102. The molecule has 0 bridgehead atoms. The zero-order valence-corrected chi connectivity index (χ0v) is 14.2. The van der Waals surface area contributed by atoms with Crippen LogP contribution in [0.5, 0.6) is 0 Å². The molecule has 1 aliphatic rings. The summed E-state index contributed by atoms with van der Waals surface area (Å²) in [6.07, 6.45) is 2.25. The van der Waals surface area contributed by atoms with Crippen molar-refractivity contribution in [2.75, 3.05) is 5.75 Å². The highest BCUT2D eigenvalue weighted by molar-refractivity contribution is 7.99. The Morgan fingerprint density at radius 2 is 1.95 bits per heavy atom. The molecule has 1 aromatic carbocycles. The van der Waals surface area contributed by atoms with Crippen LogP contribution >= 0.6 is 11.8 Å². The summed E-state index contributed by atoms with van der Waals surface area (Å²) in [6.45, 7) is 8.26. The number of tetrazole rings is 1. The van der Waals surface area contributed by atoms with E-state index in [1.165, 1.54) is 28.5 Å². The molecule has 1 heterocycles. The highest BCUT2D eigenvalue weighted by atomic mass is 32.2. The Kier molecular flexibility index (Phi) is 4.04. The topological polar surface area (TPSA) is 60.7 Å². The third-order valence-corrected chi connectivity index (χ3v) is 5.40. The van der Waals surface area contributed by atoms with E-state index in [-0.39, 0.29) is 5.78 Å². The molecule has 0 amide bonds. The molecule has 1 aliphatic carbocycles. The number of hydrogen-bond donors (Lipinski definition) is 0. The Morgan fingerprint density at radius 3 is 2.64 bits per heavy atom. The van der Waals surface area contributed by atoms with Gasteiger partial charge in [-0.3, -0.25) is 4.79 Å². The van der Waals surface area contributed by atoms with Crippen molar-refractivity contribution in [3.05, 3.63) is 33.9 Å². The lowest BCUT2D eigenvalue weighted by Gasteiger charge is -2.13. The van der Waals surface area contributed by atoms with Crippen molar-refractivity contribution in [2.24, 2.45) is 0 Å². The van der Waals surface area contributed by atoms with Gasteiger partial charge in [-0.15, -0.1) is 5.10 Å². The number of aryl methyl sites for hydroxylation is 1. The van der Waals surface area contributed by atoms with E-state index in [1.807, 2.05) is 17.7 Å². The molecule has 1 aromatic heterocycles. The van der Waals surface area contributed by atoms with Gasteiger partial charge in [-0.05, 0) is 79.3 Å². The van der Waals surface area contributed by atoms with E-state index in [9.17, 15) is 4.79 Å². The SMILES string of the molecule is Cc1cc(C(=O)CSc2nnnn2C2CC2)c(C)c(C)c1C. The molecule has 6 heteroatoms. The first-order valence-electron chi connectivity index (χ1n) is 7.50. The number of thioether (sulfide) groups is 1. The number of ketones is 1. The Labute approximate surface area is 134 Å². The maximum absolute atomic E-state index is 12.6. The number of rotatable bonds is 5. The molecule has 2 aromatic rings. The Hall–Kier alpha value is -1.69. The van der Waals surface area contributed by atoms with E-state index < -0.39 is 0 Å². The minimum atomic E-state index is 0.138. The Balaban J connectivity index is 1.76. The molecule has 116 valence electrons. The quantitative estimate of drug-likeness (QED) is 0.626. The molecule has 0 spiro atoms. The number of hydrogen-bond acceptors (Lipinski definition) is 5. The van der Waals surface area contributed by atoms with Gasteiger partial charge >= 0.3 is 0 Å². The molecule has 0 radical (unpaired) electrons. The van der Waals surface area contributed by atoms with Crippen molar-refractivity contribution >= 4 is 17.5 Å².